The average molecular weight is 549 g/mol. The van der Waals surface area contributed by atoms with E-state index in [0.29, 0.717) is 58.9 Å². The van der Waals surface area contributed by atoms with Crippen molar-refractivity contribution in [2.24, 2.45) is 0 Å². The Kier molecular flexibility index (Phi) is 7.67. The monoisotopic (exact) mass is 548 g/mol. The van der Waals surface area contributed by atoms with Crippen molar-refractivity contribution in [2.45, 2.75) is 26.1 Å². The summed E-state index contributed by atoms with van der Waals surface area (Å²) in [6, 6.07) is 22.3. The molecule has 1 aliphatic heterocycles. The molecule has 1 aliphatic rings. The predicted octanol–water partition coefficient (Wildman–Crippen LogP) is 5.42. The number of halogens is 2. The van der Waals surface area contributed by atoms with Crippen LogP contribution in [0.15, 0.2) is 77.6 Å². The van der Waals surface area contributed by atoms with Crippen LogP contribution in [0.25, 0.3) is 0 Å². The standard InChI is InChI=1S/C29H26Cl2N4O3/c1-38-22-10-7-19(8-11-22)16-32-29-33-26-18-34(27(36)21-9-12-24(30)25(31)15-21)14-13-23(26)28(37)35(29)17-20-5-3-2-4-6-20/h2-12,15H,13-14,16-18H2,1H3,(H,32,33). The van der Waals surface area contributed by atoms with Gasteiger partial charge >= 0.3 is 0 Å². The minimum absolute atomic E-state index is 0.0993. The number of anilines is 1. The lowest BCUT2D eigenvalue weighted by atomic mass is 10.0. The van der Waals surface area contributed by atoms with Gasteiger partial charge in [-0.15, -0.1) is 0 Å². The van der Waals surface area contributed by atoms with Gasteiger partial charge in [-0.05, 0) is 47.9 Å². The van der Waals surface area contributed by atoms with E-state index in [-0.39, 0.29) is 18.0 Å². The first-order valence-electron chi connectivity index (χ1n) is 12.2. The number of hydrogen-bond donors (Lipinski definition) is 1. The second-order valence-corrected chi connectivity index (χ2v) is 9.86. The Balaban J connectivity index is 1.45. The minimum Gasteiger partial charge on any atom is -0.497 e. The Hall–Kier alpha value is -3.81. The van der Waals surface area contributed by atoms with Crippen molar-refractivity contribution < 1.29 is 9.53 Å². The lowest BCUT2D eigenvalue weighted by molar-refractivity contribution is 0.0731. The smallest absolute Gasteiger partial charge is 0.258 e. The lowest BCUT2D eigenvalue weighted by Crippen LogP contribution is -2.41. The molecule has 9 heteroatoms. The van der Waals surface area contributed by atoms with Crippen LogP contribution >= 0.6 is 23.2 Å². The molecule has 38 heavy (non-hydrogen) atoms. The Labute approximate surface area is 230 Å². The Morgan fingerprint density at radius 3 is 2.47 bits per heavy atom. The van der Waals surface area contributed by atoms with E-state index in [2.05, 4.69) is 5.32 Å². The maximum Gasteiger partial charge on any atom is 0.258 e. The molecule has 0 bridgehead atoms. The summed E-state index contributed by atoms with van der Waals surface area (Å²) in [4.78, 5) is 33.4. The van der Waals surface area contributed by atoms with Crippen LogP contribution in [-0.4, -0.2) is 34.0 Å². The number of ether oxygens (including phenoxy) is 1. The molecule has 2 heterocycles. The summed E-state index contributed by atoms with van der Waals surface area (Å²) in [5.74, 6) is 1.04. The molecule has 0 aliphatic carbocycles. The van der Waals surface area contributed by atoms with Crippen LogP contribution in [-0.2, 0) is 26.1 Å². The zero-order chi connectivity index (χ0) is 26.6. The van der Waals surface area contributed by atoms with E-state index in [1.807, 2.05) is 54.6 Å². The largest absolute Gasteiger partial charge is 0.497 e. The number of carbonyl (C=O) groups excluding carboxylic acids is 1. The molecular weight excluding hydrogens is 523 g/mol. The Morgan fingerprint density at radius 2 is 1.76 bits per heavy atom. The Morgan fingerprint density at radius 1 is 1.00 bits per heavy atom. The summed E-state index contributed by atoms with van der Waals surface area (Å²) in [7, 11) is 1.63. The third-order valence-corrected chi connectivity index (χ3v) is 7.31. The van der Waals surface area contributed by atoms with E-state index in [9.17, 15) is 9.59 Å². The van der Waals surface area contributed by atoms with Crippen LogP contribution in [0.1, 0.15) is 32.7 Å². The van der Waals surface area contributed by atoms with Crippen LogP contribution in [0, 0.1) is 0 Å². The molecule has 0 saturated heterocycles. The van der Waals surface area contributed by atoms with Gasteiger partial charge in [0.15, 0.2) is 0 Å². The zero-order valence-corrected chi connectivity index (χ0v) is 22.3. The van der Waals surface area contributed by atoms with Crippen LogP contribution in [0.3, 0.4) is 0 Å². The highest BCUT2D eigenvalue weighted by Crippen LogP contribution is 2.25. The molecule has 0 saturated carbocycles. The molecule has 4 aromatic rings. The number of fused-ring (bicyclic) bond motifs is 1. The molecule has 1 amide bonds. The molecule has 0 fully saturated rings. The summed E-state index contributed by atoms with van der Waals surface area (Å²) < 4.78 is 6.92. The zero-order valence-electron chi connectivity index (χ0n) is 20.8. The van der Waals surface area contributed by atoms with E-state index < -0.39 is 0 Å². The third-order valence-electron chi connectivity index (χ3n) is 6.57. The van der Waals surface area contributed by atoms with Gasteiger partial charge in [0.05, 0.1) is 35.9 Å². The SMILES string of the molecule is COc1ccc(CNc2nc3c(c(=O)n2Cc2ccccc2)CCN(C(=O)c2ccc(Cl)c(Cl)c2)C3)cc1. The summed E-state index contributed by atoms with van der Waals surface area (Å²) in [5, 5.41) is 4.05. The number of carbonyl (C=O) groups is 1. The van der Waals surface area contributed by atoms with E-state index in [0.717, 1.165) is 16.9 Å². The van der Waals surface area contributed by atoms with E-state index in [4.69, 9.17) is 32.9 Å². The fraction of sp³-hybridized carbons (Fsp3) is 0.207. The number of nitrogens with one attached hydrogen (secondary N) is 1. The summed E-state index contributed by atoms with van der Waals surface area (Å²) in [6.07, 6.45) is 0.418. The molecule has 1 N–H and O–H groups in total. The van der Waals surface area contributed by atoms with Gasteiger partial charge in [0, 0.05) is 24.2 Å². The first-order valence-corrected chi connectivity index (χ1v) is 13.0. The maximum absolute atomic E-state index is 13.7. The third kappa shape index (κ3) is 5.54. The van der Waals surface area contributed by atoms with Gasteiger partial charge in [-0.2, -0.15) is 0 Å². The molecule has 0 radical (unpaired) electrons. The fourth-order valence-corrected chi connectivity index (χ4v) is 4.78. The van der Waals surface area contributed by atoms with Crippen molar-refractivity contribution in [1.82, 2.24) is 14.5 Å². The molecule has 0 spiro atoms. The van der Waals surface area contributed by atoms with Gasteiger partial charge < -0.3 is 15.0 Å². The van der Waals surface area contributed by atoms with Gasteiger partial charge in [-0.25, -0.2) is 4.98 Å². The van der Waals surface area contributed by atoms with Gasteiger partial charge in [0.25, 0.3) is 11.5 Å². The summed E-state index contributed by atoms with van der Waals surface area (Å²) in [5.41, 5.74) is 3.58. The normalized spacial score (nSPS) is 12.7. The number of nitrogens with zero attached hydrogens (tertiary/aromatic N) is 3. The predicted molar refractivity (Wildman–Crippen MR) is 149 cm³/mol. The highest BCUT2D eigenvalue weighted by atomic mass is 35.5. The first kappa shape index (κ1) is 25.8. The summed E-state index contributed by atoms with van der Waals surface area (Å²) >= 11 is 12.1. The molecular formula is C29H26Cl2N4O3. The van der Waals surface area contributed by atoms with Crippen LogP contribution < -0.4 is 15.6 Å². The van der Waals surface area contributed by atoms with Crippen molar-refractivity contribution >= 4 is 35.1 Å². The topological polar surface area (TPSA) is 76.5 Å². The average Bonchev–Trinajstić information content (AvgIpc) is 2.95. The quantitative estimate of drug-likeness (QED) is 0.333. The maximum atomic E-state index is 13.7. The van der Waals surface area contributed by atoms with Crippen molar-refractivity contribution in [3.8, 4) is 5.75 Å². The number of methoxy groups -OCH3 is 1. The second kappa shape index (κ2) is 11.3. The molecule has 0 atom stereocenters. The number of benzene rings is 3. The molecule has 7 nitrogen and oxygen atoms in total. The van der Waals surface area contributed by atoms with Gasteiger partial charge in [0.2, 0.25) is 5.95 Å². The van der Waals surface area contributed by atoms with Crippen LogP contribution in [0.2, 0.25) is 10.0 Å². The van der Waals surface area contributed by atoms with E-state index >= 15 is 0 Å². The second-order valence-electron chi connectivity index (χ2n) is 9.04. The molecule has 1 aromatic heterocycles. The highest BCUT2D eigenvalue weighted by molar-refractivity contribution is 6.42. The fourth-order valence-electron chi connectivity index (χ4n) is 4.48. The van der Waals surface area contributed by atoms with Crippen molar-refractivity contribution in [1.29, 1.82) is 0 Å². The van der Waals surface area contributed by atoms with Crippen molar-refractivity contribution in [2.75, 3.05) is 19.0 Å². The highest BCUT2D eigenvalue weighted by Gasteiger charge is 2.27. The van der Waals surface area contributed by atoms with Gasteiger partial charge in [-0.3, -0.25) is 14.2 Å². The lowest BCUT2D eigenvalue weighted by Gasteiger charge is -2.29. The number of aromatic nitrogens is 2. The van der Waals surface area contributed by atoms with E-state index in [1.54, 1.807) is 34.8 Å². The molecule has 3 aromatic carbocycles. The van der Waals surface area contributed by atoms with E-state index in [1.165, 1.54) is 0 Å². The Bertz CT molecular complexity index is 1520. The number of amides is 1. The first-order chi connectivity index (χ1) is 18.4. The number of rotatable bonds is 7. The summed E-state index contributed by atoms with van der Waals surface area (Å²) in [6.45, 7) is 1.49. The van der Waals surface area contributed by atoms with Crippen molar-refractivity contribution in [3.05, 3.63) is 121 Å². The number of hydrogen-bond acceptors (Lipinski definition) is 5. The van der Waals surface area contributed by atoms with Crippen LogP contribution in [0.5, 0.6) is 5.75 Å². The van der Waals surface area contributed by atoms with Crippen LogP contribution in [0.4, 0.5) is 5.95 Å². The molecule has 194 valence electrons. The van der Waals surface area contributed by atoms with Gasteiger partial charge in [0.1, 0.15) is 5.75 Å². The van der Waals surface area contributed by atoms with Crippen molar-refractivity contribution in [3.63, 3.8) is 0 Å². The van der Waals surface area contributed by atoms with Gasteiger partial charge in [-0.1, -0.05) is 65.7 Å². The molecule has 5 rings (SSSR count). The minimum atomic E-state index is -0.183. The molecule has 0 unspecified atom stereocenters.